The second-order valence-corrected chi connectivity index (χ2v) is 6.71. The van der Waals surface area contributed by atoms with E-state index >= 15 is 0 Å². The van der Waals surface area contributed by atoms with Crippen molar-refractivity contribution in [1.82, 2.24) is 4.57 Å². The summed E-state index contributed by atoms with van der Waals surface area (Å²) >= 11 is 0. The number of hydrogen-bond acceptors (Lipinski definition) is 3. The number of rotatable bonds is 4. The predicted octanol–water partition coefficient (Wildman–Crippen LogP) is 2.94. The number of primary sulfonamides is 1. The predicted molar refractivity (Wildman–Crippen MR) is 89.1 cm³/mol. The Morgan fingerprint density at radius 1 is 1.08 bits per heavy atom. The van der Waals surface area contributed by atoms with Gasteiger partial charge in [0.2, 0.25) is 10.0 Å². The minimum atomic E-state index is -3.73. The monoisotopic (exact) mass is 346 g/mol. The average molecular weight is 346 g/mol. The van der Waals surface area contributed by atoms with Crippen molar-refractivity contribution in [2.75, 3.05) is 7.11 Å². The SMILES string of the molecule is COc1ccc(-n2cccc2-c2ccc(S(N)(=O)=O)cc2)cc1F. The molecule has 124 valence electrons. The third-order valence-electron chi connectivity index (χ3n) is 3.64. The fourth-order valence-electron chi connectivity index (χ4n) is 2.46. The quantitative estimate of drug-likeness (QED) is 0.789. The Hall–Kier alpha value is -2.64. The molecule has 0 radical (unpaired) electrons. The first-order valence-electron chi connectivity index (χ1n) is 7.04. The molecule has 0 saturated carbocycles. The molecule has 7 heteroatoms. The van der Waals surface area contributed by atoms with Crippen LogP contribution in [0.15, 0.2) is 65.7 Å². The minimum Gasteiger partial charge on any atom is -0.494 e. The van der Waals surface area contributed by atoms with Crippen LogP contribution in [0.5, 0.6) is 5.75 Å². The molecule has 0 aliphatic carbocycles. The molecule has 0 fully saturated rings. The third-order valence-corrected chi connectivity index (χ3v) is 4.57. The summed E-state index contributed by atoms with van der Waals surface area (Å²) in [5.74, 6) is -0.288. The van der Waals surface area contributed by atoms with Gasteiger partial charge in [0.15, 0.2) is 11.6 Å². The molecule has 0 bridgehead atoms. The molecule has 0 aliphatic rings. The summed E-state index contributed by atoms with van der Waals surface area (Å²) in [7, 11) is -2.33. The molecule has 2 aromatic carbocycles. The van der Waals surface area contributed by atoms with Crippen molar-refractivity contribution in [1.29, 1.82) is 0 Å². The Labute approximate surface area is 139 Å². The van der Waals surface area contributed by atoms with Gasteiger partial charge >= 0.3 is 0 Å². The molecule has 1 aromatic heterocycles. The van der Waals surface area contributed by atoms with Crippen LogP contribution in [0, 0.1) is 5.82 Å². The van der Waals surface area contributed by atoms with E-state index in [1.807, 2.05) is 12.1 Å². The van der Waals surface area contributed by atoms with E-state index in [0.29, 0.717) is 5.69 Å². The standard InChI is InChI=1S/C17H15FN2O3S/c1-23-17-9-6-13(11-15(17)18)20-10-2-3-16(20)12-4-7-14(8-5-12)24(19,21)22/h2-11H,1H3,(H2,19,21,22). The maximum Gasteiger partial charge on any atom is 0.238 e. The van der Waals surface area contributed by atoms with Gasteiger partial charge in [-0.2, -0.15) is 0 Å². The number of hydrogen-bond donors (Lipinski definition) is 1. The topological polar surface area (TPSA) is 74.3 Å². The zero-order valence-corrected chi connectivity index (χ0v) is 13.6. The average Bonchev–Trinajstić information content (AvgIpc) is 3.03. The highest BCUT2D eigenvalue weighted by atomic mass is 32.2. The fourth-order valence-corrected chi connectivity index (χ4v) is 2.98. The van der Waals surface area contributed by atoms with Crippen LogP contribution >= 0.6 is 0 Å². The van der Waals surface area contributed by atoms with Crippen molar-refractivity contribution >= 4 is 10.0 Å². The highest BCUT2D eigenvalue weighted by Gasteiger charge is 2.11. The summed E-state index contributed by atoms with van der Waals surface area (Å²) in [6.07, 6.45) is 1.80. The van der Waals surface area contributed by atoms with E-state index in [1.165, 1.54) is 25.3 Å². The Bertz CT molecular complexity index is 979. The summed E-state index contributed by atoms with van der Waals surface area (Å²) in [6.45, 7) is 0. The van der Waals surface area contributed by atoms with Gasteiger partial charge in [0.25, 0.3) is 0 Å². The van der Waals surface area contributed by atoms with Crippen LogP contribution in [0.2, 0.25) is 0 Å². The molecule has 0 unspecified atom stereocenters. The zero-order chi connectivity index (χ0) is 17.3. The lowest BCUT2D eigenvalue weighted by molar-refractivity contribution is 0.386. The van der Waals surface area contributed by atoms with Gasteiger partial charge in [0.1, 0.15) is 0 Å². The Kier molecular flexibility index (Phi) is 4.13. The van der Waals surface area contributed by atoms with Crippen LogP contribution in [0.4, 0.5) is 4.39 Å². The number of halogens is 1. The number of nitrogens with two attached hydrogens (primary N) is 1. The molecule has 1 heterocycles. The van der Waals surface area contributed by atoms with E-state index in [-0.39, 0.29) is 10.6 Å². The van der Waals surface area contributed by atoms with Gasteiger partial charge in [0.05, 0.1) is 17.7 Å². The first kappa shape index (κ1) is 16.2. The Balaban J connectivity index is 2.03. The second kappa shape index (κ2) is 6.10. The molecule has 0 amide bonds. The maximum atomic E-state index is 13.9. The molecule has 0 spiro atoms. The fraction of sp³-hybridized carbons (Fsp3) is 0.0588. The summed E-state index contributed by atoms with van der Waals surface area (Å²) in [6, 6.07) is 14.5. The van der Waals surface area contributed by atoms with E-state index in [1.54, 1.807) is 35.0 Å². The van der Waals surface area contributed by atoms with Gasteiger partial charge in [-0.15, -0.1) is 0 Å². The second-order valence-electron chi connectivity index (χ2n) is 5.15. The number of methoxy groups -OCH3 is 1. The Morgan fingerprint density at radius 3 is 2.38 bits per heavy atom. The number of ether oxygens (including phenoxy) is 1. The smallest absolute Gasteiger partial charge is 0.238 e. The van der Waals surface area contributed by atoms with Crippen molar-refractivity contribution in [3.05, 3.63) is 66.6 Å². The van der Waals surface area contributed by atoms with Crippen molar-refractivity contribution in [2.24, 2.45) is 5.14 Å². The molecular weight excluding hydrogens is 331 g/mol. The molecule has 3 aromatic rings. The number of aromatic nitrogens is 1. The van der Waals surface area contributed by atoms with E-state index in [2.05, 4.69) is 0 Å². The molecule has 3 rings (SSSR count). The molecule has 2 N–H and O–H groups in total. The first-order valence-corrected chi connectivity index (χ1v) is 8.59. The summed E-state index contributed by atoms with van der Waals surface area (Å²) < 4.78 is 43.3. The van der Waals surface area contributed by atoms with Gasteiger partial charge < -0.3 is 9.30 Å². The van der Waals surface area contributed by atoms with Crippen LogP contribution < -0.4 is 9.88 Å². The molecule has 0 saturated heterocycles. The van der Waals surface area contributed by atoms with Crippen LogP contribution in [-0.2, 0) is 10.0 Å². The minimum absolute atomic E-state index is 0.0415. The summed E-state index contributed by atoms with van der Waals surface area (Å²) in [4.78, 5) is 0.0415. The van der Waals surface area contributed by atoms with Crippen LogP contribution in [0.1, 0.15) is 0 Å². The van der Waals surface area contributed by atoms with Gasteiger partial charge in [-0.25, -0.2) is 17.9 Å². The van der Waals surface area contributed by atoms with E-state index < -0.39 is 15.8 Å². The van der Waals surface area contributed by atoms with Crippen LogP contribution in [-0.4, -0.2) is 20.1 Å². The van der Waals surface area contributed by atoms with Crippen molar-refractivity contribution in [3.8, 4) is 22.7 Å². The van der Waals surface area contributed by atoms with Gasteiger partial charge in [-0.1, -0.05) is 12.1 Å². The number of benzene rings is 2. The third kappa shape index (κ3) is 3.04. The van der Waals surface area contributed by atoms with Crippen molar-refractivity contribution < 1.29 is 17.5 Å². The maximum absolute atomic E-state index is 13.9. The lowest BCUT2D eigenvalue weighted by atomic mass is 10.1. The summed E-state index contributed by atoms with van der Waals surface area (Å²) in [5, 5.41) is 5.10. The lowest BCUT2D eigenvalue weighted by Gasteiger charge is -2.11. The van der Waals surface area contributed by atoms with Crippen molar-refractivity contribution in [3.63, 3.8) is 0 Å². The zero-order valence-electron chi connectivity index (χ0n) is 12.8. The number of sulfonamides is 1. The van der Waals surface area contributed by atoms with Gasteiger partial charge in [0, 0.05) is 18.0 Å². The first-order chi connectivity index (χ1) is 11.4. The van der Waals surface area contributed by atoms with E-state index in [0.717, 1.165) is 11.3 Å². The highest BCUT2D eigenvalue weighted by Crippen LogP contribution is 2.27. The molecule has 5 nitrogen and oxygen atoms in total. The van der Waals surface area contributed by atoms with Gasteiger partial charge in [-0.3, -0.25) is 0 Å². The molecule has 0 aliphatic heterocycles. The molecule has 24 heavy (non-hydrogen) atoms. The van der Waals surface area contributed by atoms with Crippen molar-refractivity contribution in [2.45, 2.75) is 4.90 Å². The molecule has 0 atom stereocenters. The van der Waals surface area contributed by atoms with Crippen LogP contribution in [0.25, 0.3) is 16.9 Å². The molecular formula is C17H15FN2O3S. The van der Waals surface area contributed by atoms with E-state index in [9.17, 15) is 12.8 Å². The van der Waals surface area contributed by atoms with Crippen LogP contribution in [0.3, 0.4) is 0 Å². The van der Waals surface area contributed by atoms with E-state index in [4.69, 9.17) is 9.88 Å². The van der Waals surface area contributed by atoms with Gasteiger partial charge in [-0.05, 0) is 42.0 Å². The Morgan fingerprint density at radius 2 is 1.79 bits per heavy atom. The number of nitrogens with zero attached hydrogens (tertiary/aromatic N) is 1. The largest absolute Gasteiger partial charge is 0.494 e. The lowest BCUT2D eigenvalue weighted by Crippen LogP contribution is -2.11. The normalized spacial score (nSPS) is 11.5. The highest BCUT2D eigenvalue weighted by molar-refractivity contribution is 7.89. The summed E-state index contributed by atoms with van der Waals surface area (Å²) in [5.41, 5.74) is 2.20.